The summed E-state index contributed by atoms with van der Waals surface area (Å²) in [6.45, 7) is 4.62. The highest BCUT2D eigenvalue weighted by Gasteiger charge is 2.38. The molecule has 32 heavy (non-hydrogen) atoms. The van der Waals surface area contributed by atoms with Crippen molar-refractivity contribution in [3.8, 4) is 0 Å². The number of nitrogens with two attached hydrogens (primary N) is 1. The molecule has 2 aromatic carbocycles. The van der Waals surface area contributed by atoms with Crippen LogP contribution in [0.4, 0.5) is 23.1 Å². The van der Waals surface area contributed by atoms with Gasteiger partial charge < -0.3 is 15.4 Å². The Kier molecular flexibility index (Phi) is 5.67. The smallest absolute Gasteiger partial charge is 0.263 e. The summed E-state index contributed by atoms with van der Waals surface area (Å²) in [5.74, 6) is 7.95. The Labute approximate surface area is 187 Å². The van der Waals surface area contributed by atoms with Crippen molar-refractivity contribution in [3.63, 3.8) is 0 Å². The monoisotopic (exact) mass is 430 g/mol. The van der Waals surface area contributed by atoms with Gasteiger partial charge in [-0.3, -0.25) is 0 Å². The molecule has 2 aliphatic heterocycles. The molecule has 4 N–H and O–H groups in total. The maximum Gasteiger partial charge on any atom is 0.263 e. The first kappa shape index (κ1) is 20.7. The van der Waals surface area contributed by atoms with Gasteiger partial charge in [-0.25, -0.2) is 4.98 Å². The number of benzene rings is 2. The Morgan fingerprint density at radius 3 is 2.91 bits per heavy atom. The number of hydrogen-bond donors (Lipinski definition) is 3. The van der Waals surface area contributed by atoms with Gasteiger partial charge in [-0.05, 0) is 30.5 Å². The molecule has 0 spiro atoms. The highest BCUT2D eigenvalue weighted by molar-refractivity contribution is 5.93. The number of nitrogens with one attached hydrogen (secondary N) is 2. The molecule has 1 aromatic heterocycles. The summed E-state index contributed by atoms with van der Waals surface area (Å²) in [5, 5.41) is 6.74. The van der Waals surface area contributed by atoms with E-state index in [1.54, 1.807) is 12.5 Å². The number of rotatable bonds is 6. The fraction of sp³-hybridized carbons (Fsp3) is 0.292. The van der Waals surface area contributed by atoms with E-state index in [2.05, 4.69) is 51.8 Å². The molecule has 3 unspecified atom stereocenters. The summed E-state index contributed by atoms with van der Waals surface area (Å²) >= 11 is 0. The zero-order valence-electron chi connectivity index (χ0n) is 18.1. The number of morpholine rings is 1. The summed E-state index contributed by atoms with van der Waals surface area (Å²) in [5.41, 5.74) is 4.09. The van der Waals surface area contributed by atoms with Crippen molar-refractivity contribution in [2.24, 2.45) is 10.8 Å². The minimum Gasteiger partial charge on any atom is -0.375 e. The maximum atomic E-state index is 6.77. The van der Waals surface area contributed by atoms with Crippen LogP contribution in [0.1, 0.15) is 24.1 Å². The van der Waals surface area contributed by atoms with Gasteiger partial charge >= 0.3 is 0 Å². The van der Waals surface area contributed by atoms with E-state index in [4.69, 9.17) is 15.6 Å². The van der Waals surface area contributed by atoms with Crippen LogP contribution < -0.4 is 21.1 Å². The Balaban J connectivity index is 1.36. The van der Waals surface area contributed by atoms with E-state index in [1.165, 1.54) is 5.56 Å². The number of anilines is 1. The molecule has 1 fully saturated rings. The third-order valence-electron chi connectivity index (χ3n) is 5.95. The molecule has 0 radical (unpaired) electrons. The molecule has 164 valence electrons. The molecule has 2 aliphatic rings. The van der Waals surface area contributed by atoms with Crippen LogP contribution in [0, 0.1) is 0 Å². The second kappa shape index (κ2) is 8.76. The molecular formula is C24H28N7O+. The van der Waals surface area contributed by atoms with Crippen molar-refractivity contribution in [1.82, 2.24) is 19.9 Å². The minimum absolute atomic E-state index is 0.0660. The van der Waals surface area contributed by atoms with Crippen LogP contribution in [0.2, 0.25) is 0 Å². The van der Waals surface area contributed by atoms with Crippen LogP contribution in [0.25, 0.3) is 0 Å². The van der Waals surface area contributed by atoms with Crippen molar-refractivity contribution < 1.29 is 4.74 Å². The molecule has 8 heteroatoms. The van der Waals surface area contributed by atoms with Crippen LogP contribution in [-0.2, 0) is 11.2 Å². The Morgan fingerprint density at radius 1 is 1.22 bits per heavy atom. The van der Waals surface area contributed by atoms with E-state index in [-0.39, 0.29) is 16.7 Å². The Hall–Kier alpha value is -3.17. The first-order valence-corrected chi connectivity index (χ1v) is 11.0. The molecule has 3 atom stereocenters. The van der Waals surface area contributed by atoms with Crippen LogP contribution in [0.5, 0.6) is 0 Å². The van der Waals surface area contributed by atoms with Gasteiger partial charge in [0, 0.05) is 31.4 Å². The number of quaternary nitrogens is 1. The minimum atomic E-state index is -0.0893. The van der Waals surface area contributed by atoms with Crippen LogP contribution >= 0.6 is 0 Å². The van der Waals surface area contributed by atoms with Gasteiger partial charge in [0.2, 0.25) is 12.3 Å². The van der Waals surface area contributed by atoms with E-state index in [9.17, 15) is 0 Å². The highest BCUT2D eigenvalue weighted by Crippen LogP contribution is 2.41. The zero-order chi connectivity index (χ0) is 22.0. The van der Waals surface area contributed by atoms with Crippen molar-refractivity contribution in [3.05, 3.63) is 71.9 Å². The summed E-state index contributed by atoms with van der Waals surface area (Å²) in [6.07, 6.45) is 4.48. The molecule has 1 saturated heterocycles. The van der Waals surface area contributed by atoms with Gasteiger partial charge in [0.1, 0.15) is 5.69 Å². The summed E-state index contributed by atoms with van der Waals surface area (Å²) in [6, 6.07) is 18.3. The van der Waals surface area contributed by atoms with Crippen LogP contribution in [0.15, 0.2) is 65.8 Å². The summed E-state index contributed by atoms with van der Waals surface area (Å²) in [7, 11) is 0. The lowest BCUT2D eigenvalue weighted by molar-refractivity contribution is 0.0292. The van der Waals surface area contributed by atoms with E-state index >= 15 is 0 Å². The summed E-state index contributed by atoms with van der Waals surface area (Å²) < 4.78 is 5.75. The van der Waals surface area contributed by atoms with Crippen molar-refractivity contribution in [1.29, 1.82) is 0 Å². The zero-order valence-corrected chi connectivity index (χ0v) is 18.1. The van der Waals surface area contributed by atoms with Crippen molar-refractivity contribution in [2.75, 3.05) is 25.0 Å². The lowest BCUT2D eigenvalue weighted by Gasteiger charge is -2.24. The van der Waals surface area contributed by atoms with Crippen molar-refractivity contribution >= 4 is 29.5 Å². The fourth-order valence-corrected chi connectivity index (χ4v) is 4.17. The Morgan fingerprint density at radius 2 is 2.09 bits per heavy atom. The number of ether oxygens (including phenoxy) is 1. The maximum absolute atomic E-state index is 6.77. The summed E-state index contributed by atoms with van der Waals surface area (Å²) in [4.78, 5) is 13.7. The van der Waals surface area contributed by atoms with E-state index < -0.39 is 0 Å². The molecule has 5 rings (SSSR count). The number of nitrogens with zero attached hydrogens (tertiary/aromatic N) is 4. The largest absolute Gasteiger partial charge is 0.375 e. The molecular weight excluding hydrogens is 402 g/mol. The third-order valence-corrected chi connectivity index (χ3v) is 5.95. The predicted octanol–water partition coefficient (Wildman–Crippen LogP) is 3.37. The average molecular weight is 431 g/mol. The molecule has 0 saturated carbocycles. The molecule has 0 aliphatic carbocycles. The number of fused-ring (bicyclic) bond motifs is 1. The third kappa shape index (κ3) is 4.13. The number of hydrogen-bond acceptors (Lipinski definition) is 7. The fourth-order valence-electron chi connectivity index (χ4n) is 4.17. The van der Waals surface area contributed by atoms with Gasteiger partial charge in [0.05, 0.1) is 18.8 Å². The molecule has 0 amide bonds. The van der Waals surface area contributed by atoms with Gasteiger partial charge in [-0.1, -0.05) is 36.4 Å². The van der Waals surface area contributed by atoms with E-state index in [0.717, 1.165) is 43.1 Å². The van der Waals surface area contributed by atoms with Gasteiger partial charge in [0.25, 0.3) is 5.82 Å². The highest BCUT2D eigenvalue weighted by atomic mass is 16.5. The first-order chi connectivity index (χ1) is 15.6. The van der Waals surface area contributed by atoms with Crippen molar-refractivity contribution in [2.45, 2.75) is 25.5 Å². The molecule has 8 nitrogen and oxygen atoms in total. The standard InChI is InChI=1S/C24H28N7O/c1-17(19-5-3-2-4-6-19)29-24-27-10-9-23(30-24)31(25)16-28-21-14-18(7-8-22(21)31)13-20-15-26-11-12-32-20/h2-10,14,16-17,20,26H,11-13,15,25H2,1H3,(H,27,29,30)/q+1. The predicted molar refractivity (Wildman–Crippen MR) is 127 cm³/mol. The second-order valence-corrected chi connectivity index (χ2v) is 8.26. The first-order valence-electron chi connectivity index (χ1n) is 11.0. The van der Waals surface area contributed by atoms with Crippen LogP contribution in [-0.4, -0.2) is 42.1 Å². The molecule has 0 bridgehead atoms. The number of aliphatic imine (C=N–C) groups is 1. The van der Waals surface area contributed by atoms with Crippen LogP contribution in [0.3, 0.4) is 0 Å². The van der Waals surface area contributed by atoms with Gasteiger partial charge in [-0.2, -0.15) is 15.8 Å². The number of aromatic nitrogens is 2. The van der Waals surface area contributed by atoms with Gasteiger partial charge in [0.15, 0.2) is 5.69 Å². The topological polar surface area (TPSA) is 97.5 Å². The second-order valence-electron chi connectivity index (χ2n) is 8.26. The lowest BCUT2D eigenvalue weighted by Crippen LogP contribution is -2.49. The van der Waals surface area contributed by atoms with E-state index in [1.807, 2.05) is 30.3 Å². The SMILES string of the molecule is CC(Nc1nccc([N+]2(N)C=Nc3cc(CC4CNCCO4)ccc32)n1)c1ccccc1. The quantitative estimate of drug-likeness (QED) is 0.410. The molecule has 3 heterocycles. The average Bonchev–Trinajstić information content (AvgIpc) is 3.18. The normalized spacial score (nSPS) is 23.0. The molecule has 3 aromatic rings. The lowest BCUT2D eigenvalue weighted by atomic mass is 10.1. The Bertz CT molecular complexity index is 1110. The van der Waals surface area contributed by atoms with E-state index in [0.29, 0.717) is 11.8 Å². The van der Waals surface area contributed by atoms with Gasteiger partial charge in [-0.15, -0.1) is 4.59 Å².